The summed E-state index contributed by atoms with van der Waals surface area (Å²) in [5.41, 5.74) is 3.91. The van der Waals surface area contributed by atoms with Gasteiger partial charge in [0.25, 0.3) is 5.56 Å². The Morgan fingerprint density at radius 2 is 1.91 bits per heavy atom. The number of hydrogen-bond donors (Lipinski definition) is 0. The van der Waals surface area contributed by atoms with Gasteiger partial charge in [0.05, 0.1) is 12.8 Å². The summed E-state index contributed by atoms with van der Waals surface area (Å²) in [5.74, 6) is 0.628. The van der Waals surface area contributed by atoms with E-state index in [1.807, 2.05) is 29.2 Å². The number of aryl methyl sites for hydroxylation is 1. The summed E-state index contributed by atoms with van der Waals surface area (Å²) in [7, 11) is 1.61. The van der Waals surface area contributed by atoms with Crippen molar-refractivity contribution in [1.29, 1.82) is 0 Å². The maximum Gasteiger partial charge on any atom is 0.293 e. The summed E-state index contributed by atoms with van der Waals surface area (Å²) in [5, 5.41) is 8.66. The number of rotatable bonds is 5. The molecule has 1 aliphatic rings. The molecule has 180 valence electrons. The summed E-state index contributed by atoms with van der Waals surface area (Å²) in [6.45, 7) is 6.03. The monoisotopic (exact) mass is 472 g/mol. The van der Waals surface area contributed by atoms with Gasteiger partial charge >= 0.3 is 0 Å². The van der Waals surface area contributed by atoms with E-state index in [1.165, 1.54) is 26.8 Å². The number of methoxy groups -OCH3 is 1. The minimum absolute atomic E-state index is 0.102. The number of nitrogens with zero attached hydrogens (tertiary/aromatic N) is 6. The first-order chi connectivity index (χ1) is 16.9. The van der Waals surface area contributed by atoms with E-state index >= 15 is 0 Å². The van der Waals surface area contributed by atoms with Crippen molar-refractivity contribution in [3.05, 3.63) is 76.8 Å². The Balaban J connectivity index is 1.30. The molecule has 0 aliphatic carbocycles. The molecular weight excluding hydrogens is 444 g/mol. The number of hydrogen-bond acceptors (Lipinski definition) is 6. The second-order valence-corrected chi connectivity index (χ2v) is 8.90. The molecule has 1 amide bonds. The number of anilines is 1. The van der Waals surface area contributed by atoms with Gasteiger partial charge in [-0.05, 0) is 61.9 Å². The highest BCUT2D eigenvalue weighted by Crippen LogP contribution is 2.23. The number of carbonyl (C=O) groups excluding carboxylic acids is 1. The number of amides is 1. The summed E-state index contributed by atoms with van der Waals surface area (Å²) in [6.07, 6.45) is 1.47. The molecule has 1 fully saturated rings. The van der Waals surface area contributed by atoms with Gasteiger partial charge in [0.2, 0.25) is 5.91 Å². The van der Waals surface area contributed by atoms with Gasteiger partial charge < -0.3 is 14.5 Å². The van der Waals surface area contributed by atoms with Crippen LogP contribution >= 0.6 is 0 Å². The van der Waals surface area contributed by atoms with Crippen molar-refractivity contribution in [3.63, 3.8) is 0 Å². The van der Waals surface area contributed by atoms with E-state index in [0.29, 0.717) is 24.3 Å². The molecule has 1 aliphatic heterocycles. The van der Waals surface area contributed by atoms with Gasteiger partial charge in [-0.2, -0.15) is 10.2 Å². The number of aromatic nitrogens is 4. The quantitative estimate of drug-likeness (QED) is 0.444. The van der Waals surface area contributed by atoms with Crippen LogP contribution < -0.4 is 15.2 Å². The highest BCUT2D eigenvalue weighted by Gasteiger charge is 2.27. The first kappa shape index (κ1) is 22.6. The van der Waals surface area contributed by atoms with Gasteiger partial charge in [-0.25, -0.2) is 9.20 Å². The Morgan fingerprint density at radius 3 is 2.63 bits per heavy atom. The van der Waals surface area contributed by atoms with Crippen LogP contribution in [-0.4, -0.2) is 63.0 Å². The van der Waals surface area contributed by atoms with E-state index in [2.05, 4.69) is 53.2 Å². The Labute approximate surface area is 203 Å². The largest absolute Gasteiger partial charge is 0.497 e. The van der Waals surface area contributed by atoms with Crippen LogP contribution in [0.25, 0.3) is 16.8 Å². The topological polar surface area (TPSA) is 85.0 Å². The van der Waals surface area contributed by atoms with E-state index in [1.54, 1.807) is 13.2 Å². The molecule has 4 aromatic rings. The average molecular weight is 473 g/mol. The summed E-state index contributed by atoms with van der Waals surface area (Å²) < 4.78 is 7.86. The van der Waals surface area contributed by atoms with Crippen molar-refractivity contribution in [2.24, 2.45) is 0 Å². The van der Waals surface area contributed by atoms with Crippen LogP contribution in [-0.2, 0) is 11.3 Å². The average Bonchev–Trinajstić information content (AvgIpc) is 3.31. The first-order valence-corrected chi connectivity index (χ1v) is 11.6. The zero-order chi connectivity index (χ0) is 24.5. The van der Waals surface area contributed by atoms with Crippen LogP contribution in [0.5, 0.6) is 5.75 Å². The molecule has 9 nitrogen and oxygen atoms in total. The standard InChI is InChI=1S/C26H28N6O3/c1-18-5-4-6-21(13-18)30-12-11-29(15-19(30)2)25(33)16-31-26(34)24-14-23(28-32(24)17-27-31)20-7-9-22(35-3)10-8-20/h4-10,13-14,17,19H,11-12,15-16H2,1-3H3. The normalized spacial score (nSPS) is 16.0. The maximum atomic E-state index is 13.1. The van der Waals surface area contributed by atoms with Crippen LogP contribution in [0.2, 0.25) is 0 Å². The zero-order valence-electron chi connectivity index (χ0n) is 20.1. The van der Waals surface area contributed by atoms with Crippen molar-refractivity contribution in [2.45, 2.75) is 26.4 Å². The molecule has 5 rings (SSSR count). The SMILES string of the molecule is COc1ccc(-c2cc3c(=O)n(CC(=O)N4CCN(c5cccc(C)c5)C(C)C4)ncn3n2)cc1. The van der Waals surface area contributed by atoms with Gasteiger partial charge in [-0.3, -0.25) is 9.59 Å². The first-order valence-electron chi connectivity index (χ1n) is 11.6. The molecule has 2 aromatic carbocycles. The molecule has 1 unspecified atom stereocenters. The lowest BCUT2D eigenvalue weighted by molar-refractivity contribution is -0.132. The molecule has 0 saturated carbocycles. The number of ether oxygens (including phenoxy) is 1. The van der Waals surface area contributed by atoms with Crippen molar-refractivity contribution in [1.82, 2.24) is 24.3 Å². The van der Waals surface area contributed by atoms with Crippen LogP contribution in [0.4, 0.5) is 5.69 Å². The van der Waals surface area contributed by atoms with Gasteiger partial charge in [-0.15, -0.1) is 0 Å². The minimum atomic E-state index is -0.348. The predicted octanol–water partition coefficient (Wildman–Crippen LogP) is 2.61. The molecule has 0 spiro atoms. The lowest BCUT2D eigenvalue weighted by atomic mass is 10.1. The second kappa shape index (κ2) is 9.25. The van der Waals surface area contributed by atoms with Crippen molar-refractivity contribution in [3.8, 4) is 17.0 Å². The fourth-order valence-corrected chi connectivity index (χ4v) is 4.56. The second-order valence-electron chi connectivity index (χ2n) is 8.90. The van der Waals surface area contributed by atoms with E-state index in [4.69, 9.17) is 4.74 Å². The summed E-state index contributed by atoms with van der Waals surface area (Å²) in [4.78, 5) is 30.3. The lowest BCUT2D eigenvalue weighted by Gasteiger charge is -2.41. The molecule has 35 heavy (non-hydrogen) atoms. The van der Waals surface area contributed by atoms with Crippen molar-refractivity contribution >= 4 is 17.1 Å². The number of benzene rings is 2. The smallest absolute Gasteiger partial charge is 0.293 e. The highest BCUT2D eigenvalue weighted by molar-refractivity contribution is 5.76. The fourth-order valence-electron chi connectivity index (χ4n) is 4.56. The van der Waals surface area contributed by atoms with Crippen molar-refractivity contribution < 1.29 is 9.53 Å². The molecule has 0 radical (unpaired) electrons. The number of carbonyl (C=O) groups is 1. The Kier molecular flexibility index (Phi) is 5.98. The molecule has 1 atom stereocenters. The molecule has 3 heterocycles. The molecule has 0 bridgehead atoms. The predicted molar refractivity (Wildman–Crippen MR) is 134 cm³/mol. The van der Waals surface area contributed by atoms with Crippen LogP contribution in [0.15, 0.2) is 65.7 Å². The molecule has 1 saturated heterocycles. The minimum Gasteiger partial charge on any atom is -0.497 e. The van der Waals surface area contributed by atoms with Crippen LogP contribution in [0, 0.1) is 6.92 Å². The fraction of sp³-hybridized carbons (Fsp3) is 0.308. The van der Waals surface area contributed by atoms with E-state index < -0.39 is 0 Å². The molecular formula is C26H28N6O3. The summed E-state index contributed by atoms with van der Waals surface area (Å²) in [6, 6.07) is 17.7. The third-order valence-corrected chi connectivity index (χ3v) is 6.47. The number of fused-ring (bicyclic) bond motifs is 1. The van der Waals surface area contributed by atoms with E-state index in [-0.39, 0.29) is 24.1 Å². The van der Waals surface area contributed by atoms with Gasteiger partial charge in [-0.1, -0.05) is 12.1 Å². The van der Waals surface area contributed by atoms with Gasteiger partial charge in [0.15, 0.2) is 0 Å². The van der Waals surface area contributed by atoms with Gasteiger partial charge in [0, 0.05) is 36.9 Å². The Bertz CT molecular complexity index is 1430. The van der Waals surface area contributed by atoms with Gasteiger partial charge in [0.1, 0.15) is 24.1 Å². The third-order valence-electron chi connectivity index (χ3n) is 6.47. The Morgan fingerprint density at radius 1 is 1.11 bits per heavy atom. The van der Waals surface area contributed by atoms with E-state index in [0.717, 1.165) is 17.9 Å². The van der Waals surface area contributed by atoms with Crippen LogP contribution in [0.3, 0.4) is 0 Å². The zero-order valence-corrected chi connectivity index (χ0v) is 20.1. The molecule has 2 aromatic heterocycles. The van der Waals surface area contributed by atoms with Crippen LogP contribution in [0.1, 0.15) is 12.5 Å². The van der Waals surface area contributed by atoms with E-state index in [9.17, 15) is 9.59 Å². The molecule has 9 heteroatoms. The third kappa shape index (κ3) is 4.49. The van der Waals surface area contributed by atoms with Crippen molar-refractivity contribution in [2.75, 3.05) is 31.6 Å². The Hall–Kier alpha value is -4.14. The molecule has 0 N–H and O–H groups in total. The highest BCUT2D eigenvalue weighted by atomic mass is 16.5. The summed E-state index contributed by atoms with van der Waals surface area (Å²) >= 11 is 0. The lowest BCUT2D eigenvalue weighted by Crippen LogP contribution is -2.54. The maximum absolute atomic E-state index is 13.1. The number of piperazine rings is 1.